The van der Waals surface area contributed by atoms with Crippen LogP contribution in [0.25, 0.3) is 0 Å². The molecule has 0 atom stereocenters. The molecule has 1 aromatic carbocycles. The summed E-state index contributed by atoms with van der Waals surface area (Å²) < 4.78 is 13.1. The Morgan fingerprint density at radius 1 is 1.50 bits per heavy atom. The molecule has 0 unspecified atom stereocenters. The highest BCUT2D eigenvalue weighted by Crippen LogP contribution is 2.13. The zero-order valence-electron chi connectivity index (χ0n) is 10.6. The molecule has 0 aliphatic rings. The van der Waals surface area contributed by atoms with Gasteiger partial charge in [-0.05, 0) is 30.7 Å². The topological polar surface area (TPSA) is 73.3 Å². The Morgan fingerprint density at radius 2 is 2.22 bits per heavy atom. The highest BCUT2D eigenvalue weighted by atomic mass is 19.1. The van der Waals surface area contributed by atoms with E-state index in [0.717, 1.165) is 18.7 Å². The summed E-state index contributed by atoms with van der Waals surface area (Å²) in [5.74, 6) is -0.509. The zero-order chi connectivity index (χ0) is 13.5. The fourth-order valence-corrected chi connectivity index (χ4v) is 1.82. The monoisotopic (exact) mass is 253 g/mol. The number of nitrogens with zero attached hydrogens (tertiary/aromatic N) is 1. The van der Waals surface area contributed by atoms with E-state index in [-0.39, 0.29) is 18.3 Å². The van der Waals surface area contributed by atoms with Gasteiger partial charge in [0.2, 0.25) is 0 Å². The number of nitrogen functional groups attached to an aromatic ring is 1. The van der Waals surface area contributed by atoms with Crippen molar-refractivity contribution < 1.29 is 9.50 Å². The van der Waals surface area contributed by atoms with Crippen LogP contribution in [0.15, 0.2) is 18.2 Å². The van der Waals surface area contributed by atoms with E-state index in [1.165, 1.54) is 12.1 Å². The predicted octanol–water partition coefficient (Wildman–Crippen LogP) is 1.31. The Bertz CT molecular complexity index is 409. The summed E-state index contributed by atoms with van der Waals surface area (Å²) in [6, 6.07) is 4.33. The van der Waals surface area contributed by atoms with Crippen molar-refractivity contribution in [1.29, 1.82) is 5.41 Å². The van der Waals surface area contributed by atoms with Crippen LogP contribution in [-0.2, 0) is 6.54 Å². The minimum Gasteiger partial charge on any atom is -0.396 e. The largest absolute Gasteiger partial charge is 0.396 e. The molecular formula is C13H20FN3O. The zero-order valence-corrected chi connectivity index (χ0v) is 10.6. The molecule has 0 aliphatic carbocycles. The Hall–Kier alpha value is -1.46. The molecule has 0 heterocycles. The number of halogens is 1. The van der Waals surface area contributed by atoms with Crippen molar-refractivity contribution in [2.24, 2.45) is 5.73 Å². The average Bonchev–Trinajstić information content (AvgIpc) is 2.35. The Labute approximate surface area is 107 Å². The standard InChI is InChI=1S/C13H20FN3O/c1-2-17(6-3-7-18)9-10-4-5-11(14)8-12(10)13(15)16/h4-5,8,18H,2-3,6-7,9H2,1H3,(H3,15,16). The summed E-state index contributed by atoms with van der Waals surface area (Å²) in [6.45, 7) is 4.37. The van der Waals surface area contributed by atoms with E-state index >= 15 is 0 Å². The number of nitrogens with two attached hydrogens (primary N) is 1. The summed E-state index contributed by atoms with van der Waals surface area (Å²) in [7, 11) is 0. The van der Waals surface area contributed by atoms with Gasteiger partial charge in [0, 0.05) is 25.3 Å². The van der Waals surface area contributed by atoms with Gasteiger partial charge in [0.25, 0.3) is 0 Å². The van der Waals surface area contributed by atoms with E-state index in [9.17, 15) is 4.39 Å². The first-order valence-corrected chi connectivity index (χ1v) is 6.04. The first kappa shape index (κ1) is 14.6. The maximum atomic E-state index is 13.1. The molecule has 0 saturated heterocycles. The second-order valence-electron chi connectivity index (χ2n) is 4.16. The highest BCUT2D eigenvalue weighted by Gasteiger charge is 2.10. The molecule has 1 aromatic rings. The van der Waals surface area contributed by atoms with Gasteiger partial charge in [-0.3, -0.25) is 10.3 Å². The predicted molar refractivity (Wildman–Crippen MR) is 70.1 cm³/mol. The molecule has 0 fully saturated rings. The summed E-state index contributed by atoms with van der Waals surface area (Å²) in [5, 5.41) is 16.3. The molecule has 4 N–H and O–H groups in total. The highest BCUT2D eigenvalue weighted by molar-refractivity contribution is 5.96. The van der Waals surface area contributed by atoms with Crippen LogP contribution in [0.3, 0.4) is 0 Å². The Balaban J connectivity index is 2.84. The van der Waals surface area contributed by atoms with Crippen LogP contribution in [0.4, 0.5) is 4.39 Å². The number of amidine groups is 1. The van der Waals surface area contributed by atoms with Crippen molar-refractivity contribution in [2.45, 2.75) is 19.9 Å². The first-order chi connectivity index (χ1) is 8.58. The molecule has 0 aromatic heterocycles. The molecule has 18 heavy (non-hydrogen) atoms. The van der Waals surface area contributed by atoms with Crippen molar-refractivity contribution in [2.75, 3.05) is 19.7 Å². The summed E-state index contributed by atoms with van der Waals surface area (Å²) in [4.78, 5) is 2.12. The molecule has 4 nitrogen and oxygen atoms in total. The molecular weight excluding hydrogens is 233 g/mol. The molecule has 5 heteroatoms. The summed E-state index contributed by atoms with van der Waals surface area (Å²) in [6.07, 6.45) is 0.699. The Morgan fingerprint density at radius 3 is 2.78 bits per heavy atom. The van der Waals surface area contributed by atoms with E-state index < -0.39 is 0 Å². The fraction of sp³-hybridized carbons (Fsp3) is 0.462. The lowest BCUT2D eigenvalue weighted by atomic mass is 10.1. The van der Waals surface area contributed by atoms with Crippen LogP contribution < -0.4 is 5.73 Å². The lowest BCUT2D eigenvalue weighted by molar-refractivity contribution is 0.225. The third-order valence-electron chi connectivity index (χ3n) is 2.84. The normalized spacial score (nSPS) is 10.9. The van der Waals surface area contributed by atoms with Crippen molar-refractivity contribution in [3.63, 3.8) is 0 Å². The number of benzene rings is 1. The van der Waals surface area contributed by atoms with Crippen LogP contribution in [0.2, 0.25) is 0 Å². The minimum absolute atomic E-state index is 0.122. The molecule has 0 aliphatic heterocycles. The SMILES string of the molecule is CCN(CCCO)Cc1ccc(F)cc1C(=N)N. The molecule has 100 valence electrons. The van der Waals surface area contributed by atoms with Gasteiger partial charge in [0.1, 0.15) is 11.7 Å². The number of aliphatic hydroxyl groups is 1. The third kappa shape index (κ3) is 4.09. The van der Waals surface area contributed by atoms with Crippen LogP contribution in [0, 0.1) is 11.2 Å². The first-order valence-electron chi connectivity index (χ1n) is 6.04. The number of nitrogens with one attached hydrogen (secondary N) is 1. The van der Waals surface area contributed by atoms with Crippen LogP contribution >= 0.6 is 0 Å². The smallest absolute Gasteiger partial charge is 0.123 e. The van der Waals surface area contributed by atoms with Crippen LogP contribution in [0.1, 0.15) is 24.5 Å². The maximum Gasteiger partial charge on any atom is 0.123 e. The Kier molecular flexibility index (Phi) is 5.74. The van der Waals surface area contributed by atoms with Crippen LogP contribution in [0.5, 0.6) is 0 Å². The minimum atomic E-state index is -0.387. The van der Waals surface area contributed by atoms with Crippen molar-refractivity contribution in [3.8, 4) is 0 Å². The number of hydrogen-bond acceptors (Lipinski definition) is 3. The van der Waals surface area contributed by atoms with E-state index in [2.05, 4.69) is 4.90 Å². The second-order valence-corrected chi connectivity index (χ2v) is 4.16. The van der Waals surface area contributed by atoms with Gasteiger partial charge >= 0.3 is 0 Å². The number of aliphatic hydroxyl groups excluding tert-OH is 1. The average molecular weight is 253 g/mol. The fourth-order valence-electron chi connectivity index (χ4n) is 1.82. The van der Waals surface area contributed by atoms with Gasteiger partial charge in [0.15, 0.2) is 0 Å². The van der Waals surface area contributed by atoms with Crippen LogP contribution in [-0.4, -0.2) is 35.5 Å². The van der Waals surface area contributed by atoms with E-state index in [0.29, 0.717) is 18.5 Å². The molecule has 0 saturated carbocycles. The maximum absolute atomic E-state index is 13.1. The molecule has 0 spiro atoms. The van der Waals surface area contributed by atoms with Gasteiger partial charge < -0.3 is 10.8 Å². The van der Waals surface area contributed by atoms with Gasteiger partial charge in [-0.2, -0.15) is 0 Å². The lowest BCUT2D eigenvalue weighted by Crippen LogP contribution is -2.26. The summed E-state index contributed by atoms with van der Waals surface area (Å²) >= 11 is 0. The molecule has 1 rings (SSSR count). The van der Waals surface area contributed by atoms with E-state index in [4.69, 9.17) is 16.2 Å². The second kappa shape index (κ2) is 7.08. The van der Waals surface area contributed by atoms with E-state index in [1.54, 1.807) is 6.07 Å². The lowest BCUT2D eigenvalue weighted by Gasteiger charge is -2.21. The van der Waals surface area contributed by atoms with Crippen molar-refractivity contribution in [3.05, 3.63) is 35.1 Å². The number of hydrogen-bond donors (Lipinski definition) is 3. The molecule has 0 radical (unpaired) electrons. The van der Waals surface area contributed by atoms with Gasteiger partial charge in [-0.1, -0.05) is 13.0 Å². The van der Waals surface area contributed by atoms with Gasteiger partial charge in [-0.15, -0.1) is 0 Å². The van der Waals surface area contributed by atoms with Gasteiger partial charge in [-0.25, -0.2) is 4.39 Å². The van der Waals surface area contributed by atoms with Crippen molar-refractivity contribution >= 4 is 5.84 Å². The quantitative estimate of drug-likeness (QED) is 0.507. The molecule has 0 bridgehead atoms. The number of rotatable bonds is 7. The summed E-state index contributed by atoms with van der Waals surface area (Å²) in [5.41, 5.74) is 6.74. The molecule has 0 amide bonds. The van der Waals surface area contributed by atoms with Crippen molar-refractivity contribution in [1.82, 2.24) is 4.90 Å². The third-order valence-corrected chi connectivity index (χ3v) is 2.84. The van der Waals surface area contributed by atoms with E-state index in [1.807, 2.05) is 6.92 Å². The van der Waals surface area contributed by atoms with Gasteiger partial charge in [0.05, 0.1) is 0 Å².